The third-order valence-electron chi connectivity index (χ3n) is 3.73. The molecule has 3 rings (SSSR count). The number of hydrogen-bond donors (Lipinski definition) is 1. The van der Waals surface area contributed by atoms with Crippen LogP contribution in [0.15, 0.2) is 60.8 Å². The van der Waals surface area contributed by atoms with Crippen molar-refractivity contribution in [2.45, 2.75) is 12.8 Å². The van der Waals surface area contributed by atoms with Crippen LogP contribution in [0.3, 0.4) is 0 Å². The Hall–Kier alpha value is -3.15. The zero-order chi connectivity index (χ0) is 18.0. The predicted molar refractivity (Wildman–Crippen MR) is 89.4 cm³/mol. The van der Waals surface area contributed by atoms with Gasteiger partial charge < -0.3 is 5.11 Å². The third-order valence-corrected chi connectivity index (χ3v) is 3.73. The molecule has 0 amide bonds. The maximum atomic E-state index is 13.3. The number of rotatable bonds is 4. The van der Waals surface area contributed by atoms with Crippen molar-refractivity contribution >= 4 is 5.97 Å². The molecule has 25 heavy (non-hydrogen) atoms. The summed E-state index contributed by atoms with van der Waals surface area (Å²) in [6, 6.07) is 13.8. The minimum atomic E-state index is -2.89. The third kappa shape index (κ3) is 3.68. The number of aromatic carboxylic acids is 1. The van der Waals surface area contributed by atoms with Crippen LogP contribution in [0.4, 0.5) is 8.78 Å². The van der Waals surface area contributed by atoms with E-state index in [0.717, 1.165) is 6.92 Å². The van der Waals surface area contributed by atoms with E-state index in [4.69, 9.17) is 5.11 Å². The summed E-state index contributed by atoms with van der Waals surface area (Å²) >= 11 is 0. The molecule has 0 saturated carbocycles. The first-order valence-corrected chi connectivity index (χ1v) is 7.50. The number of alkyl halides is 2. The minimum Gasteiger partial charge on any atom is -0.478 e. The van der Waals surface area contributed by atoms with Gasteiger partial charge in [0, 0.05) is 29.8 Å². The van der Waals surface area contributed by atoms with E-state index in [9.17, 15) is 13.6 Å². The molecule has 0 fully saturated rings. The first kappa shape index (κ1) is 16.7. The highest BCUT2D eigenvalue weighted by molar-refractivity contribution is 5.88. The molecule has 0 spiro atoms. The predicted octanol–water partition coefficient (Wildman–Crippen LogP) is 4.62. The van der Waals surface area contributed by atoms with Crippen molar-refractivity contribution in [3.05, 3.63) is 71.9 Å². The van der Waals surface area contributed by atoms with Crippen LogP contribution in [0, 0.1) is 0 Å². The van der Waals surface area contributed by atoms with Crippen LogP contribution in [0.2, 0.25) is 0 Å². The van der Waals surface area contributed by atoms with Gasteiger partial charge in [0.15, 0.2) is 5.82 Å². The van der Waals surface area contributed by atoms with Crippen molar-refractivity contribution in [2.75, 3.05) is 0 Å². The van der Waals surface area contributed by atoms with Crippen molar-refractivity contribution in [1.82, 2.24) is 9.97 Å². The van der Waals surface area contributed by atoms with E-state index in [1.807, 2.05) is 0 Å². The maximum Gasteiger partial charge on any atom is 0.335 e. The summed E-state index contributed by atoms with van der Waals surface area (Å²) in [4.78, 5) is 19.5. The molecular weight excluding hydrogens is 326 g/mol. The topological polar surface area (TPSA) is 63.1 Å². The van der Waals surface area contributed by atoms with Gasteiger partial charge in [-0.3, -0.25) is 0 Å². The van der Waals surface area contributed by atoms with E-state index >= 15 is 0 Å². The Labute approximate surface area is 142 Å². The fourth-order valence-corrected chi connectivity index (χ4v) is 2.35. The van der Waals surface area contributed by atoms with Gasteiger partial charge in [-0.1, -0.05) is 36.4 Å². The molecular formula is C19H14F2N2O2. The van der Waals surface area contributed by atoms with Gasteiger partial charge >= 0.3 is 5.97 Å². The van der Waals surface area contributed by atoms with Gasteiger partial charge in [-0.15, -0.1) is 0 Å². The Morgan fingerprint density at radius 2 is 1.56 bits per heavy atom. The van der Waals surface area contributed by atoms with E-state index in [-0.39, 0.29) is 11.1 Å². The Bertz CT molecular complexity index is 902. The highest BCUT2D eigenvalue weighted by Gasteiger charge is 2.23. The summed E-state index contributed by atoms with van der Waals surface area (Å²) in [6.45, 7) is 0.853. The van der Waals surface area contributed by atoms with Crippen LogP contribution in [-0.4, -0.2) is 21.0 Å². The minimum absolute atomic E-state index is 0.0604. The Balaban J connectivity index is 1.92. The molecule has 1 heterocycles. The average molecular weight is 340 g/mol. The highest BCUT2D eigenvalue weighted by Crippen LogP contribution is 2.29. The van der Waals surface area contributed by atoms with Crippen LogP contribution in [0.25, 0.3) is 22.6 Å². The smallest absolute Gasteiger partial charge is 0.335 e. The average Bonchev–Trinajstić information content (AvgIpc) is 2.61. The molecule has 0 bridgehead atoms. The van der Waals surface area contributed by atoms with Crippen molar-refractivity contribution in [3.63, 3.8) is 0 Å². The number of carboxylic acid groups (broad SMARTS) is 1. The van der Waals surface area contributed by atoms with E-state index in [0.29, 0.717) is 22.6 Å². The molecule has 0 saturated heterocycles. The fraction of sp³-hybridized carbons (Fsp3) is 0.105. The summed E-state index contributed by atoms with van der Waals surface area (Å²) in [5.41, 5.74) is 2.08. The van der Waals surface area contributed by atoms with Gasteiger partial charge in [0.2, 0.25) is 0 Å². The lowest BCUT2D eigenvalue weighted by molar-refractivity contribution is 0.0175. The van der Waals surface area contributed by atoms with Gasteiger partial charge in [-0.2, -0.15) is 0 Å². The number of halogens is 2. The number of carboxylic acids is 1. The van der Waals surface area contributed by atoms with Crippen LogP contribution in [0.1, 0.15) is 22.8 Å². The second kappa shape index (κ2) is 6.39. The number of nitrogens with zero attached hydrogens (tertiary/aromatic N) is 2. The van der Waals surface area contributed by atoms with Crippen LogP contribution < -0.4 is 0 Å². The number of carbonyl (C=O) groups is 1. The van der Waals surface area contributed by atoms with Crippen LogP contribution in [0.5, 0.6) is 0 Å². The van der Waals surface area contributed by atoms with E-state index in [2.05, 4.69) is 9.97 Å². The summed E-state index contributed by atoms with van der Waals surface area (Å²) in [5.74, 6) is -3.46. The lowest BCUT2D eigenvalue weighted by Gasteiger charge is -2.11. The molecule has 3 aromatic rings. The highest BCUT2D eigenvalue weighted by atomic mass is 19.3. The van der Waals surface area contributed by atoms with Crippen molar-refractivity contribution < 1.29 is 18.7 Å². The molecule has 0 aliphatic rings. The largest absolute Gasteiger partial charge is 0.478 e. The SMILES string of the molecule is CC(F)(F)c1ccc(-c2ccnc(-c3ccc(C(=O)O)cc3)n2)cc1. The van der Waals surface area contributed by atoms with E-state index < -0.39 is 11.9 Å². The molecule has 0 aliphatic heterocycles. The maximum absolute atomic E-state index is 13.3. The summed E-state index contributed by atoms with van der Waals surface area (Å²) in [7, 11) is 0. The normalized spacial score (nSPS) is 11.3. The fourth-order valence-electron chi connectivity index (χ4n) is 2.35. The summed E-state index contributed by atoms with van der Waals surface area (Å²) in [6.07, 6.45) is 1.57. The Morgan fingerprint density at radius 3 is 2.12 bits per heavy atom. The number of hydrogen-bond acceptors (Lipinski definition) is 3. The first-order valence-electron chi connectivity index (χ1n) is 7.50. The Kier molecular flexibility index (Phi) is 4.27. The lowest BCUT2D eigenvalue weighted by atomic mass is 10.1. The molecule has 2 aromatic carbocycles. The molecule has 0 atom stereocenters. The molecule has 0 aliphatic carbocycles. The van der Waals surface area contributed by atoms with Gasteiger partial charge in [0.1, 0.15) is 0 Å². The second-order valence-corrected chi connectivity index (χ2v) is 5.61. The van der Waals surface area contributed by atoms with Crippen molar-refractivity contribution in [2.24, 2.45) is 0 Å². The van der Waals surface area contributed by atoms with E-state index in [1.165, 1.54) is 24.3 Å². The number of benzene rings is 2. The lowest BCUT2D eigenvalue weighted by Crippen LogP contribution is -2.06. The Morgan fingerprint density at radius 1 is 0.960 bits per heavy atom. The quantitative estimate of drug-likeness (QED) is 0.753. The van der Waals surface area contributed by atoms with E-state index in [1.54, 1.807) is 36.5 Å². The van der Waals surface area contributed by atoms with Gasteiger partial charge in [0.05, 0.1) is 11.3 Å². The standard InChI is InChI=1S/C19H14F2N2O2/c1-19(20,21)15-8-6-12(7-9-15)16-10-11-22-17(23-16)13-2-4-14(5-3-13)18(24)25/h2-11H,1H3,(H,24,25). The monoisotopic (exact) mass is 340 g/mol. The van der Waals surface area contributed by atoms with Crippen LogP contribution >= 0.6 is 0 Å². The molecule has 6 heteroatoms. The molecule has 0 unspecified atom stereocenters. The summed E-state index contributed by atoms with van der Waals surface area (Å²) < 4.78 is 26.6. The molecule has 1 aromatic heterocycles. The zero-order valence-electron chi connectivity index (χ0n) is 13.3. The van der Waals surface area contributed by atoms with Crippen LogP contribution in [-0.2, 0) is 5.92 Å². The van der Waals surface area contributed by atoms with Gasteiger partial charge in [0.25, 0.3) is 5.92 Å². The molecule has 126 valence electrons. The first-order chi connectivity index (χ1) is 11.8. The van der Waals surface area contributed by atoms with Crippen molar-refractivity contribution in [1.29, 1.82) is 0 Å². The summed E-state index contributed by atoms with van der Waals surface area (Å²) in [5, 5.41) is 8.93. The van der Waals surface area contributed by atoms with Gasteiger partial charge in [-0.05, 0) is 18.2 Å². The van der Waals surface area contributed by atoms with Gasteiger partial charge in [-0.25, -0.2) is 23.5 Å². The molecule has 0 radical (unpaired) electrons. The second-order valence-electron chi connectivity index (χ2n) is 5.61. The number of aromatic nitrogens is 2. The zero-order valence-corrected chi connectivity index (χ0v) is 13.3. The molecule has 1 N–H and O–H groups in total. The van der Waals surface area contributed by atoms with Crippen molar-refractivity contribution in [3.8, 4) is 22.6 Å². The molecule has 4 nitrogen and oxygen atoms in total.